The summed E-state index contributed by atoms with van der Waals surface area (Å²) in [6.45, 7) is 1.91. The molecule has 0 saturated carbocycles. The van der Waals surface area contributed by atoms with Crippen LogP contribution in [0.4, 0.5) is 4.79 Å². The maximum Gasteiger partial charge on any atom is 0.230 e. The van der Waals surface area contributed by atoms with Crippen molar-refractivity contribution in [2.45, 2.75) is 6.92 Å². The fourth-order valence-corrected chi connectivity index (χ4v) is 0.892. The van der Waals surface area contributed by atoms with Crippen LogP contribution in [0.2, 0.25) is 0 Å². The predicted molar refractivity (Wildman–Crippen MR) is 52.2 cm³/mol. The van der Waals surface area contributed by atoms with Gasteiger partial charge in [-0.3, -0.25) is 4.79 Å². The molecule has 0 fully saturated rings. The van der Waals surface area contributed by atoms with Crippen LogP contribution < -0.4 is 0 Å². The Hall–Kier alpha value is -1.84. The summed E-state index contributed by atoms with van der Waals surface area (Å²) in [4.78, 5) is 14.5. The van der Waals surface area contributed by atoms with E-state index in [-0.39, 0.29) is 0 Å². The van der Waals surface area contributed by atoms with Crippen molar-refractivity contribution < 1.29 is 4.79 Å². The summed E-state index contributed by atoms with van der Waals surface area (Å²) in [7, 11) is 0. The molecule has 0 aromatic rings. The van der Waals surface area contributed by atoms with Crippen LogP contribution in [-0.2, 0) is 0 Å². The lowest BCUT2D eigenvalue weighted by Gasteiger charge is -2.00. The third-order valence-electron chi connectivity index (χ3n) is 1.40. The zero-order valence-corrected chi connectivity index (χ0v) is 7.19. The predicted octanol–water partition coefficient (Wildman–Crippen LogP) is 2.25. The number of hydrogen-bond donors (Lipinski definition) is 1. The van der Waals surface area contributed by atoms with Gasteiger partial charge >= 0.3 is 0 Å². The van der Waals surface area contributed by atoms with E-state index < -0.39 is 6.03 Å². The van der Waals surface area contributed by atoms with Gasteiger partial charge in [0.15, 0.2) is 0 Å². The zero-order valence-electron chi connectivity index (χ0n) is 7.19. The van der Waals surface area contributed by atoms with E-state index in [1.54, 1.807) is 12.2 Å². The first-order valence-electron chi connectivity index (χ1n) is 3.74. The van der Waals surface area contributed by atoms with Crippen LogP contribution in [0.15, 0.2) is 28.8 Å². The molecule has 1 aliphatic carbocycles. The van der Waals surface area contributed by atoms with E-state index in [0.717, 1.165) is 5.57 Å². The van der Waals surface area contributed by atoms with Crippen molar-refractivity contribution in [3.63, 3.8) is 0 Å². The Morgan fingerprint density at radius 2 is 2.54 bits per heavy atom. The van der Waals surface area contributed by atoms with Crippen molar-refractivity contribution in [3.8, 4) is 0 Å². The van der Waals surface area contributed by atoms with Crippen molar-refractivity contribution >= 4 is 18.1 Å². The van der Waals surface area contributed by atoms with E-state index in [4.69, 9.17) is 5.41 Å². The molecule has 0 saturated heterocycles. The lowest BCUT2D eigenvalue weighted by atomic mass is 10.1. The molecule has 0 atom stereocenters. The number of hydrogen-bond acceptors (Lipinski definition) is 2. The molecule has 0 radical (unpaired) electrons. The van der Waals surface area contributed by atoms with E-state index >= 15 is 0 Å². The lowest BCUT2D eigenvalue weighted by Crippen LogP contribution is -1.99. The minimum absolute atomic E-state index is 0.565. The van der Waals surface area contributed by atoms with E-state index in [9.17, 15) is 4.79 Å². The maximum atomic E-state index is 10.8. The highest BCUT2D eigenvalue weighted by molar-refractivity contribution is 6.15. The number of nitrogens with one attached hydrogen (secondary N) is 1. The molecule has 2 amide bonds. The number of carbonyl (C=O) groups is 1. The molecule has 1 aliphatic rings. The van der Waals surface area contributed by atoms with Gasteiger partial charge in [-0.05, 0) is 13.3 Å². The summed E-state index contributed by atoms with van der Waals surface area (Å²) in [5, 5.41) is 9.75. The van der Waals surface area contributed by atoms with Gasteiger partial charge in [-0.25, -0.2) is 0 Å². The normalized spacial score (nSPS) is 17.6. The Balaban J connectivity index is 2.70. The molecular weight excluding hydrogens is 166 g/mol. The number of rotatable bonds is 1. The van der Waals surface area contributed by atoms with E-state index in [1.165, 1.54) is 0 Å². The average molecular weight is 175 g/mol. The summed E-state index contributed by atoms with van der Waals surface area (Å²) in [6, 6.07) is -0.652. The SMILES string of the molecule is CC1=CC(=NC(=O)[N-]C=N)C=C[CH+]1. The zero-order chi connectivity index (χ0) is 9.68. The minimum Gasteiger partial charge on any atom is -0.419 e. The Kier molecular flexibility index (Phi) is 3.03. The second-order valence-corrected chi connectivity index (χ2v) is 2.49. The molecule has 4 heteroatoms. The number of allylic oxidation sites excluding steroid dienone is 4. The second-order valence-electron chi connectivity index (χ2n) is 2.49. The van der Waals surface area contributed by atoms with Gasteiger partial charge in [-0.15, -0.1) is 0 Å². The molecule has 0 heterocycles. The molecule has 1 N–H and O–H groups in total. The fraction of sp³-hybridized carbons (Fsp3) is 0.111. The Morgan fingerprint density at radius 3 is 3.15 bits per heavy atom. The van der Waals surface area contributed by atoms with Crippen molar-refractivity contribution in [1.29, 1.82) is 5.41 Å². The molecule has 0 spiro atoms. The van der Waals surface area contributed by atoms with Crippen LogP contribution in [0.3, 0.4) is 0 Å². The largest absolute Gasteiger partial charge is 0.419 e. The van der Waals surface area contributed by atoms with Crippen molar-refractivity contribution in [3.05, 3.63) is 35.5 Å². The van der Waals surface area contributed by atoms with Crippen molar-refractivity contribution in [2.24, 2.45) is 4.99 Å². The van der Waals surface area contributed by atoms with Gasteiger partial charge in [0.2, 0.25) is 6.03 Å². The summed E-state index contributed by atoms with van der Waals surface area (Å²) in [5.41, 5.74) is 1.60. The number of carbonyl (C=O) groups excluding carboxylic acids is 1. The number of amides is 2. The fourth-order valence-electron chi connectivity index (χ4n) is 0.892. The van der Waals surface area contributed by atoms with Crippen LogP contribution in [0.1, 0.15) is 6.92 Å². The first-order chi connectivity index (χ1) is 6.22. The summed E-state index contributed by atoms with van der Waals surface area (Å²) < 4.78 is 0. The molecule has 0 aliphatic heterocycles. The molecule has 0 unspecified atom stereocenters. The summed E-state index contributed by atoms with van der Waals surface area (Å²) in [5.74, 6) is 0. The molecular formula is C9H9N3O. The second kappa shape index (κ2) is 4.25. The molecule has 4 nitrogen and oxygen atoms in total. The topological polar surface area (TPSA) is 67.4 Å². The first-order valence-corrected chi connectivity index (χ1v) is 3.74. The quantitative estimate of drug-likeness (QED) is 0.370. The first kappa shape index (κ1) is 9.25. The third-order valence-corrected chi connectivity index (χ3v) is 1.40. The highest BCUT2D eigenvalue weighted by Crippen LogP contribution is 2.07. The standard InChI is InChI=1S/C9H9N3O/c1-7-3-2-4-8(5-7)12-9(13)11-6-10/h2-6H,1H3,(H-,10,11,13). The van der Waals surface area contributed by atoms with Crippen LogP contribution in [0.25, 0.3) is 5.32 Å². The molecule has 13 heavy (non-hydrogen) atoms. The van der Waals surface area contributed by atoms with Crippen LogP contribution in [0.5, 0.6) is 0 Å². The summed E-state index contributed by atoms with van der Waals surface area (Å²) in [6.07, 6.45) is 7.90. The monoisotopic (exact) mass is 175 g/mol. The number of urea groups is 1. The van der Waals surface area contributed by atoms with E-state index in [2.05, 4.69) is 10.3 Å². The van der Waals surface area contributed by atoms with Gasteiger partial charge < -0.3 is 15.7 Å². The Bertz CT molecular complexity index is 313. The maximum absolute atomic E-state index is 10.8. The molecule has 0 bridgehead atoms. The molecule has 1 rings (SSSR count). The third kappa shape index (κ3) is 2.94. The van der Waals surface area contributed by atoms with Gasteiger partial charge in [-0.1, -0.05) is 0 Å². The van der Waals surface area contributed by atoms with Gasteiger partial charge in [-0.2, -0.15) is 0 Å². The van der Waals surface area contributed by atoms with Gasteiger partial charge in [0.05, 0.1) is 11.6 Å². The van der Waals surface area contributed by atoms with Crippen molar-refractivity contribution in [1.82, 2.24) is 0 Å². The van der Waals surface area contributed by atoms with E-state index in [1.807, 2.05) is 19.4 Å². The minimum atomic E-state index is -0.652. The highest BCUT2D eigenvalue weighted by atomic mass is 16.2. The van der Waals surface area contributed by atoms with Crippen LogP contribution >= 0.6 is 0 Å². The smallest absolute Gasteiger partial charge is 0.230 e. The number of nitrogens with zero attached hydrogens (tertiary/aromatic N) is 2. The van der Waals surface area contributed by atoms with Gasteiger partial charge in [0, 0.05) is 18.6 Å². The molecule has 0 aromatic carbocycles. The van der Waals surface area contributed by atoms with Crippen LogP contribution in [-0.4, -0.2) is 18.1 Å². The number of aliphatic imine (C=N–C) groups is 1. The van der Waals surface area contributed by atoms with Gasteiger partial charge in [0.25, 0.3) is 0 Å². The van der Waals surface area contributed by atoms with Crippen LogP contribution in [0, 0.1) is 11.8 Å². The average Bonchev–Trinajstić information content (AvgIpc) is 2.04. The molecule has 66 valence electrons. The lowest BCUT2D eigenvalue weighted by molar-refractivity contribution is 0.261. The molecule has 0 aromatic heterocycles. The van der Waals surface area contributed by atoms with Crippen molar-refractivity contribution in [2.75, 3.05) is 0 Å². The Labute approximate surface area is 76.6 Å². The Morgan fingerprint density at radius 1 is 1.77 bits per heavy atom. The highest BCUT2D eigenvalue weighted by Gasteiger charge is 2.05. The van der Waals surface area contributed by atoms with Gasteiger partial charge in [0.1, 0.15) is 5.71 Å². The summed E-state index contributed by atoms with van der Waals surface area (Å²) >= 11 is 0. The van der Waals surface area contributed by atoms with E-state index in [0.29, 0.717) is 12.1 Å².